The fourth-order valence-corrected chi connectivity index (χ4v) is 4.12. The van der Waals surface area contributed by atoms with Gasteiger partial charge in [-0.2, -0.15) is 0 Å². The first kappa shape index (κ1) is 17.4. The number of hydrogen-bond donors (Lipinski definition) is 1. The van der Waals surface area contributed by atoms with Crippen LogP contribution in [-0.2, 0) is 8.85 Å². The Balaban J connectivity index is 0.00000289. The summed E-state index contributed by atoms with van der Waals surface area (Å²) in [6.45, 7) is 3.11. The van der Waals surface area contributed by atoms with Crippen molar-refractivity contribution < 1.29 is 8.85 Å². The van der Waals surface area contributed by atoms with Gasteiger partial charge in [-0.1, -0.05) is 25.1 Å². The SMILES string of the molecule is CC[Si](CCCNc1ccccc1)(OC)OC.[SiH4]. The Morgan fingerprint density at radius 2 is 1.72 bits per heavy atom. The summed E-state index contributed by atoms with van der Waals surface area (Å²) in [6.07, 6.45) is 1.08. The molecule has 0 saturated carbocycles. The van der Waals surface area contributed by atoms with Crippen molar-refractivity contribution >= 4 is 25.2 Å². The van der Waals surface area contributed by atoms with E-state index in [1.165, 1.54) is 5.69 Å². The third-order valence-electron chi connectivity index (χ3n) is 3.12. The van der Waals surface area contributed by atoms with Crippen molar-refractivity contribution in [1.29, 1.82) is 0 Å². The molecule has 0 spiro atoms. The highest BCUT2D eigenvalue weighted by atomic mass is 28.4. The van der Waals surface area contributed by atoms with E-state index < -0.39 is 8.56 Å². The van der Waals surface area contributed by atoms with Gasteiger partial charge >= 0.3 is 8.56 Å². The van der Waals surface area contributed by atoms with Gasteiger partial charge < -0.3 is 14.2 Å². The molecule has 0 aliphatic heterocycles. The second-order valence-corrected chi connectivity index (χ2v) is 7.91. The van der Waals surface area contributed by atoms with Crippen LogP contribution < -0.4 is 5.32 Å². The smallest absolute Gasteiger partial charge is 0.337 e. The maximum atomic E-state index is 5.58. The Morgan fingerprint density at radius 1 is 1.11 bits per heavy atom. The summed E-state index contributed by atoms with van der Waals surface area (Å²) in [5.74, 6) is 0. The second-order valence-electron chi connectivity index (χ2n) is 4.07. The van der Waals surface area contributed by atoms with Crippen molar-refractivity contribution in [3.8, 4) is 0 Å². The number of benzene rings is 1. The third kappa shape index (κ3) is 5.35. The molecule has 1 N–H and O–H groups in total. The van der Waals surface area contributed by atoms with Gasteiger partial charge in [-0.05, 0) is 41.6 Å². The van der Waals surface area contributed by atoms with Crippen LogP contribution in [0.25, 0.3) is 0 Å². The van der Waals surface area contributed by atoms with Gasteiger partial charge in [-0.3, -0.25) is 0 Å². The van der Waals surface area contributed by atoms with Gasteiger partial charge in [0.05, 0.1) is 0 Å². The number of nitrogens with one attached hydrogen (secondary N) is 1. The average Bonchev–Trinajstić information content (AvgIpc) is 2.41. The summed E-state index contributed by atoms with van der Waals surface area (Å²) in [5.41, 5.74) is 1.17. The van der Waals surface area contributed by atoms with E-state index >= 15 is 0 Å². The van der Waals surface area contributed by atoms with Crippen molar-refractivity contribution in [2.45, 2.75) is 25.4 Å². The molecular formula is C13H27NO2Si2. The summed E-state index contributed by atoms with van der Waals surface area (Å²) >= 11 is 0. The van der Waals surface area contributed by atoms with E-state index in [-0.39, 0.29) is 11.0 Å². The van der Waals surface area contributed by atoms with Crippen LogP contribution in [0.3, 0.4) is 0 Å². The summed E-state index contributed by atoms with van der Waals surface area (Å²) in [5, 5.41) is 3.40. The van der Waals surface area contributed by atoms with E-state index in [1.807, 2.05) is 18.2 Å². The molecule has 1 rings (SSSR count). The Bertz CT molecular complexity index is 297. The third-order valence-corrected chi connectivity index (χ3v) is 6.80. The van der Waals surface area contributed by atoms with Crippen LogP contribution in [0.4, 0.5) is 5.69 Å². The van der Waals surface area contributed by atoms with Crippen molar-refractivity contribution in [3.63, 3.8) is 0 Å². The Labute approximate surface area is 116 Å². The Morgan fingerprint density at radius 3 is 2.22 bits per heavy atom. The molecule has 1 aromatic carbocycles. The first-order valence-corrected chi connectivity index (χ1v) is 8.38. The van der Waals surface area contributed by atoms with E-state index in [0.29, 0.717) is 0 Å². The molecule has 0 fully saturated rings. The molecule has 104 valence electrons. The maximum absolute atomic E-state index is 5.58. The molecule has 0 aliphatic rings. The molecule has 5 heteroatoms. The average molecular weight is 286 g/mol. The van der Waals surface area contributed by atoms with Crippen molar-refractivity contribution in [2.75, 3.05) is 26.1 Å². The highest BCUT2D eigenvalue weighted by molar-refractivity contribution is 6.67. The standard InChI is InChI=1S/C13H23NO2Si.H4Si/c1-4-17(15-2,16-3)12-8-11-14-13-9-6-5-7-10-13;/h5-7,9-10,14H,4,8,11-12H2,1-3H3;1H4. The predicted molar refractivity (Wildman–Crippen MR) is 85.9 cm³/mol. The maximum Gasteiger partial charge on any atom is 0.337 e. The second kappa shape index (κ2) is 9.32. The fourth-order valence-electron chi connectivity index (χ4n) is 1.90. The zero-order chi connectivity index (χ0) is 12.6. The Kier molecular flexibility index (Phi) is 9.00. The lowest BCUT2D eigenvalue weighted by atomic mass is 10.3. The van der Waals surface area contributed by atoms with E-state index in [1.54, 1.807) is 14.2 Å². The van der Waals surface area contributed by atoms with E-state index in [2.05, 4.69) is 24.4 Å². The van der Waals surface area contributed by atoms with Crippen LogP contribution in [0.2, 0.25) is 12.1 Å². The largest absolute Gasteiger partial charge is 0.398 e. The highest BCUT2D eigenvalue weighted by Gasteiger charge is 2.32. The highest BCUT2D eigenvalue weighted by Crippen LogP contribution is 2.19. The molecule has 0 bridgehead atoms. The molecule has 0 aliphatic carbocycles. The normalized spacial score (nSPS) is 10.8. The van der Waals surface area contributed by atoms with Crippen LogP contribution in [0, 0.1) is 0 Å². The van der Waals surface area contributed by atoms with Gasteiger partial charge in [0.1, 0.15) is 0 Å². The number of para-hydroxylation sites is 1. The fraction of sp³-hybridized carbons (Fsp3) is 0.538. The number of anilines is 1. The zero-order valence-corrected chi connectivity index (χ0v) is 12.0. The minimum Gasteiger partial charge on any atom is -0.398 e. The van der Waals surface area contributed by atoms with Gasteiger partial charge in [0, 0.05) is 26.5 Å². The molecule has 0 atom stereocenters. The van der Waals surface area contributed by atoms with Gasteiger partial charge in [0.25, 0.3) is 0 Å². The molecule has 0 amide bonds. The lowest BCUT2D eigenvalue weighted by Crippen LogP contribution is -2.39. The van der Waals surface area contributed by atoms with Crippen LogP contribution in [0.1, 0.15) is 13.3 Å². The molecule has 3 nitrogen and oxygen atoms in total. The molecule has 0 aromatic heterocycles. The summed E-state index contributed by atoms with van der Waals surface area (Å²) in [6, 6.07) is 12.3. The summed E-state index contributed by atoms with van der Waals surface area (Å²) < 4.78 is 11.2. The van der Waals surface area contributed by atoms with Crippen molar-refractivity contribution in [2.24, 2.45) is 0 Å². The van der Waals surface area contributed by atoms with Crippen LogP contribution in [0.5, 0.6) is 0 Å². The van der Waals surface area contributed by atoms with Crippen LogP contribution >= 0.6 is 0 Å². The van der Waals surface area contributed by atoms with Crippen LogP contribution in [0.15, 0.2) is 30.3 Å². The minimum absolute atomic E-state index is 0. The monoisotopic (exact) mass is 285 g/mol. The molecule has 0 radical (unpaired) electrons. The molecule has 0 saturated heterocycles. The molecule has 0 heterocycles. The van der Waals surface area contributed by atoms with Crippen molar-refractivity contribution in [1.82, 2.24) is 0 Å². The first-order valence-electron chi connectivity index (χ1n) is 6.15. The van der Waals surface area contributed by atoms with E-state index in [4.69, 9.17) is 8.85 Å². The lowest BCUT2D eigenvalue weighted by molar-refractivity contribution is 0.242. The summed E-state index contributed by atoms with van der Waals surface area (Å²) in [4.78, 5) is 0. The number of hydrogen-bond acceptors (Lipinski definition) is 3. The number of rotatable bonds is 8. The van der Waals surface area contributed by atoms with E-state index in [0.717, 1.165) is 25.1 Å². The summed E-state index contributed by atoms with van der Waals surface area (Å²) in [7, 11) is 1.64. The van der Waals surface area contributed by atoms with Crippen molar-refractivity contribution in [3.05, 3.63) is 30.3 Å². The zero-order valence-electron chi connectivity index (χ0n) is 11.0. The molecule has 18 heavy (non-hydrogen) atoms. The van der Waals surface area contributed by atoms with Gasteiger partial charge in [-0.15, -0.1) is 0 Å². The van der Waals surface area contributed by atoms with Gasteiger partial charge in [0.15, 0.2) is 0 Å². The predicted octanol–water partition coefficient (Wildman–Crippen LogP) is 1.79. The quantitative estimate of drug-likeness (QED) is 0.583. The van der Waals surface area contributed by atoms with Gasteiger partial charge in [-0.25, -0.2) is 0 Å². The van der Waals surface area contributed by atoms with Gasteiger partial charge in [0.2, 0.25) is 0 Å². The molecular weight excluding hydrogens is 258 g/mol. The Hall–Kier alpha value is -0.626. The topological polar surface area (TPSA) is 30.5 Å². The lowest BCUT2D eigenvalue weighted by Gasteiger charge is -2.26. The first-order chi connectivity index (χ1) is 8.26. The van der Waals surface area contributed by atoms with Crippen LogP contribution in [-0.4, -0.2) is 40.3 Å². The molecule has 1 aromatic rings. The van der Waals surface area contributed by atoms with E-state index in [9.17, 15) is 0 Å². The molecule has 0 unspecified atom stereocenters. The minimum atomic E-state index is -1.90.